The summed E-state index contributed by atoms with van der Waals surface area (Å²) in [4.78, 5) is 0. The maximum Gasteiger partial charge on any atom is 1.00 e. The SMILES string of the molecule is C=C.C=C.NC(=S)[S-].[Na+]. The van der Waals surface area contributed by atoms with Crippen LogP contribution in [0.1, 0.15) is 0 Å². The third kappa shape index (κ3) is 1070. The van der Waals surface area contributed by atoms with Gasteiger partial charge in [-0.3, -0.25) is 0 Å². The van der Waals surface area contributed by atoms with Crippen LogP contribution in [0.15, 0.2) is 26.3 Å². The van der Waals surface area contributed by atoms with Gasteiger partial charge in [-0.25, -0.2) is 0 Å². The van der Waals surface area contributed by atoms with Gasteiger partial charge in [0.15, 0.2) is 0 Å². The quantitative estimate of drug-likeness (QED) is 0.205. The van der Waals surface area contributed by atoms with Gasteiger partial charge in [-0.1, -0.05) is 4.32 Å². The van der Waals surface area contributed by atoms with Crippen molar-refractivity contribution in [2.45, 2.75) is 0 Å². The van der Waals surface area contributed by atoms with Crippen molar-refractivity contribution in [2.24, 2.45) is 5.73 Å². The summed E-state index contributed by atoms with van der Waals surface area (Å²) >= 11 is 8.26. The van der Waals surface area contributed by atoms with Crippen LogP contribution in [0.25, 0.3) is 0 Å². The zero-order chi connectivity index (χ0) is 7.58. The van der Waals surface area contributed by atoms with E-state index in [1.807, 2.05) is 0 Å². The summed E-state index contributed by atoms with van der Waals surface area (Å²) in [6.07, 6.45) is 0. The number of thiocarbonyl (C=S) groups is 1. The molecule has 0 atom stereocenters. The van der Waals surface area contributed by atoms with Crippen LogP contribution in [0.2, 0.25) is 0 Å². The second-order valence-electron chi connectivity index (χ2n) is 0.319. The number of rotatable bonds is 0. The first-order valence-corrected chi connectivity index (χ1v) is 2.51. The van der Waals surface area contributed by atoms with Crippen molar-refractivity contribution < 1.29 is 29.6 Å². The van der Waals surface area contributed by atoms with E-state index in [9.17, 15) is 0 Å². The second kappa shape index (κ2) is 38.4. The number of nitrogens with two attached hydrogens (primary N) is 1. The van der Waals surface area contributed by atoms with Crippen molar-refractivity contribution in [1.82, 2.24) is 0 Å². The molecule has 0 aliphatic rings. The van der Waals surface area contributed by atoms with Gasteiger partial charge < -0.3 is 30.6 Å². The largest absolute Gasteiger partial charge is 1.00 e. The van der Waals surface area contributed by atoms with Crippen LogP contribution in [-0.2, 0) is 12.6 Å². The maximum atomic E-state index is 4.66. The predicted octanol–water partition coefficient (Wildman–Crippen LogP) is -1.61. The summed E-state index contributed by atoms with van der Waals surface area (Å²) in [6.45, 7) is 12.0. The first-order chi connectivity index (χ1) is 3.73. The van der Waals surface area contributed by atoms with Crippen LogP contribution in [-0.4, -0.2) is 4.32 Å². The van der Waals surface area contributed by atoms with Gasteiger partial charge in [0.05, 0.1) is 0 Å². The van der Waals surface area contributed by atoms with E-state index < -0.39 is 0 Å². The molecule has 1 nitrogen and oxygen atoms in total. The predicted molar refractivity (Wildman–Crippen MR) is 46.7 cm³/mol. The molecule has 0 bridgehead atoms. The minimum absolute atomic E-state index is 0. The molecular formula is C5H10NNaS2. The maximum absolute atomic E-state index is 4.66. The molecule has 4 heteroatoms. The van der Waals surface area contributed by atoms with E-state index in [-0.39, 0.29) is 33.9 Å². The molecule has 2 N–H and O–H groups in total. The van der Waals surface area contributed by atoms with Crippen LogP contribution < -0.4 is 35.3 Å². The molecule has 0 aromatic heterocycles. The molecule has 0 aromatic carbocycles. The standard InChI is InChI=1S/2C2H4.CH3NS2.Na/c2*1-2;2-1(3)4;/h2*1-2H2;(H3,2,3,4);/q;;;+1/p-1. The van der Waals surface area contributed by atoms with Gasteiger partial charge >= 0.3 is 29.6 Å². The zero-order valence-electron chi connectivity index (χ0n) is 5.72. The molecule has 0 unspecified atom stereocenters. The van der Waals surface area contributed by atoms with E-state index in [1.54, 1.807) is 0 Å². The van der Waals surface area contributed by atoms with Crippen LogP contribution >= 0.6 is 12.2 Å². The van der Waals surface area contributed by atoms with Crippen molar-refractivity contribution in [3.8, 4) is 0 Å². The van der Waals surface area contributed by atoms with Gasteiger partial charge in [0.2, 0.25) is 0 Å². The van der Waals surface area contributed by atoms with Crippen molar-refractivity contribution in [3.63, 3.8) is 0 Å². The third-order valence-corrected chi connectivity index (χ3v) is 0. The smallest absolute Gasteiger partial charge is 0.415 e. The fourth-order valence-electron chi connectivity index (χ4n) is 0. The summed E-state index contributed by atoms with van der Waals surface area (Å²) in [5.74, 6) is 0. The minimum atomic E-state index is 0. The molecule has 0 aromatic rings. The van der Waals surface area contributed by atoms with E-state index in [2.05, 4.69) is 56.9 Å². The average Bonchev–Trinajstić information content (AvgIpc) is 1.75. The van der Waals surface area contributed by atoms with Crippen LogP contribution in [0.3, 0.4) is 0 Å². The molecule has 48 valence electrons. The fourth-order valence-corrected chi connectivity index (χ4v) is 0. The summed E-state index contributed by atoms with van der Waals surface area (Å²) in [6, 6.07) is 0. The summed E-state index contributed by atoms with van der Waals surface area (Å²) in [7, 11) is 0. The summed E-state index contributed by atoms with van der Waals surface area (Å²) in [5, 5.41) is 0. The first-order valence-electron chi connectivity index (χ1n) is 1.70. The van der Waals surface area contributed by atoms with E-state index in [0.29, 0.717) is 0 Å². The molecule has 0 spiro atoms. The number of hydrogen-bond acceptors (Lipinski definition) is 2. The molecule has 0 fully saturated rings. The Balaban J connectivity index is -0.0000000221. The van der Waals surface area contributed by atoms with Crippen LogP contribution in [0.5, 0.6) is 0 Å². The first kappa shape index (κ1) is 22.6. The fraction of sp³-hybridized carbons (Fsp3) is 0. The molecule has 0 aliphatic heterocycles. The van der Waals surface area contributed by atoms with Crippen LogP contribution in [0.4, 0.5) is 0 Å². The molecule has 0 radical (unpaired) electrons. The molecular weight excluding hydrogens is 161 g/mol. The minimum Gasteiger partial charge on any atom is -0.415 e. The molecule has 0 saturated heterocycles. The topological polar surface area (TPSA) is 26.0 Å². The molecule has 0 rings (SSSR count). The molecule has 0 heterocycles. The molecule has 0 amide bonds. The van der Waals surface area contributed by atoms with Crippen molar-refractivity contribution in [1.29, 1.82) is 0 Å². The second-order valence-corrected chi connectivity index (χ2v) is 1.46. The Hall–Kier alpha value is 0.590. The van der Waals surface area contributed by atoms with Gasteiger partial charge in [-0.2, -0.15) is 0 Å². The van der Waals surface area contributed by atoms with Crippen LogP contribution in [0, 0.1) is 0 Å². The van der Waals surface area contributed by atoms with E-state index in [1.165, 1.54) is 0 Å². The van der Waals surface area contributed by atoms with E-state index in [0.717, 1.165) is 0 Å². The average molecular weight is 171 g/mol. The molecule has 0 saturated carbocycles. The van der Waals surface area contributed by atoms with Gasteiger partial charge in [-0.05, 0) is 0 Å². The Morgan fingerprint density at radius 3 is 1.22 bits per heavy atom. The van der Waals surface area contributed by atoms with E-state index >= 15 is 0 Å². The van der Waals surface area contributed by atoms with Crippen molar-refractivity contribution >= 4 is 29.2 Å². The third-order valence-electron chi connectivity index (χ3n) is 0. The molecule has 9 heavy (non-hydrogen) atoms. The Labute approximate surface area is 90.1 Å². The van der Waals surface area contributed by atoms with Gasteiger partial charge in [-0.15, -0.1) is 26.3 Å². The summed E-state index contributed by atoms with van der Waals surface area (Å²) < 4.78 is 0.0833. The molecule has 0 aliphatic carbocycles. The monoisotopic (exact) mass is 171 g/mol. The Morgan fingerprint density at radius 1 is 1.22 bits per heavy atom. The zero-order valence-corrected chi connectivity index (χ0v) is 9.36. The van der Waals surface area contributed by atoms with E-state index in [4.69, 9.17) is 0 Å². The number of hydrogen-bond donors (Lipinski definition) is 1. The Bertz CT molecular complexity index is 52.9. The van der Waals surface area contributed by atoms with Crippen molar-refractivity contribution in [3.05, 3.63) is 26.3 Å². The van der Waals surface area contributed by atoms with Crippen molar-refractivity contribution in [2.75, 3.05) is 0 Å². The normalized spacial score (nSPS) is 3.56. The summed E-state index contributed by atoms with van der Waals surface area (Å²) in [5.41, 5.74) is 4.66. The van der Waals surface area contributed by atoms with Gasteiger partial charge in [0, 0.05) is 0 Å². The van der Waals surface area contributed by atoms with Gasteiger partial charge in [0.25, 0.3) is 0 Å². The Kier molecular flexibility index (Phi) is 96.6. The van der Waals surface area contributed by atoms with Gasteiger partial charge in [0.1, 0.15) is 0 Å². The Morgan fingerprint density at radius 2 is 1.22 bits per heavy atom.